The van der Waals surface area contributed by atoms with Gasteiger partial charge in [0.15, 0.2) is 0 Å². The van der Waals surface area contributed by atoms with E-state index in [1.807, 2.05) is 6.07 Å². The minimum absolute atomic E-state index is 0.880. The third-order valence-corrected chi connectivity index (χ3v) is 13.4. The Morgan fingerprint density at radius 3 is 1.57 bits per heavy atom. The molecular formula is C64H42N2O. The number of benzene rings is 11. The van der Waals surface area contributed by atoms with E-state index in [9.17, 15) is 0 Å². The van der Waals surface area contributed by atoms with Gasteiger partial charge < -0.3 is 13.9 Å². The van der Waals surface area contributed by atoms with Gasteiger partial charge in [-0.1, -0.05) is 182 Å². The molecule has 0 fully saturated rings. The molecule has 0 saturated heterocycles. The number of anilines is 3. The molecule has 0 spiro atoms. The van der Waals surface area contributed by atoms with E-state index >= 15 is 0 Å². The van der Waals surface area contributed by atoms with Crippen molar-refractivity contribution in [1.29, 1.82) is 0 Å². The van der Waals surface area contributed by atoms with Crippen LogP contribution >= 0.6 is 0 Å². The Morgan fingerprint density at radius 1 is 0.313 bits per heavy atom. The van der Waals surface area contributed by atoms with Crippen LogP contribution in [-0.4, -0.2) is 4.57 Å². The second-order valence-electron chi connectivity index (χ2n) is 17.3. The fourth-order valence-corrected chi connectivity index (χ4v) is 10.2. The van der Waals surface area contributed by atoms with Crippen LogP contribution in [0, 0.1) is 0 Å². The Balaban J connectivity index is 0.867. The third-order valence-electron chi connectivity index (χ3n) is 13.4. The van der Waals surface area contributed by atoms with Gasteiger partial charge in [0.2, 0.25) is 0 Å². The largest absolute Gasteiger partial charge is 0.456 e. The predicted octanol–water partition coefficient (Wildman–Crippen LogP) is 18.0. The molecule has 11 aromatic carbocycles. The molecule has 3 heteroatoms. The lowest BCUT2D eigenvalue weighted by Gasteiger charge is -2.28. The van der Waals surface area contributed by atoms with E-state index in [-0.39, 0.29) is 0 Å². The maximum Gasteiger partial charge on any atom is 0.136 e. The molecule has 13 aromatic rings. The van der Waals surface area contributed by atoms with E-state index in [0.29, 0.717) is 0 Å². The molecule has 0 unspecified atom stereocenters. The number of rotatable bonds is 8. The van der Waals surface area contributed by atoms with Crippen molar-refractivity contribution in [3.8, 4) is 50.2 Å². The summed E-state index contributed by atoms with van der Waals surface area (Å²) in [6.45, 7) is 0. The number of fused-ring (bicyclic) bond motifs is 7. The van der Waals surface area contributed by atoms with Gasteiger partial charge >= 0.3 is 0 Å². The summed E-state index contributed by atoms with van der Waals surface area (Å²) in [4.78, 5) is 2.40. The van der Waals surface area contributed by atoms with E-state index < -0.39 is 0 Å². The van der Waals surface area contributed by atoms with Gasteiger partial charge in [0.05, 0.1) is 16.7 Å². The van der Waals surface area contributed by atoms with Crippen LogP contribution in [0.5, 0.6) is 0 Å². The van der Waals surface area contributed by atoms with Gasteiger partial charge in [0.25, 0.3) is 0 Å². The molecule has 0 amide bonds. The lowest BCUT2D eigenvalue weighted by Crippen LogP contribution is -2.11. The number of furan rings is 1. The Kier molecular flexibility index (Phi) is 9.17. The normalized spacial score (nSPS) is 11.6. The van der Waals surface area contributed by atoms with Crippen LogP contribution in [0.1, 0.15) is 0 Å². The minimum Gasteiger partial charge on any atom is -0.456 e. The number of para-hydroxylation sites is 4. The van der Waals surface area contributed by atoms with Gasteiger partial charge in [0, 0.05) is 44.2 Å². The number of nitrogens with zero attached hydrogens (tertiary/aromatic N) is 2. The van der Waals surface area contributed by atoms with Gasteiger partial charge in [-0.05, 0) is 123 Å². The number of aromatic nitrogens is 1. The predicted molar refractivity (Wildman–Crippen MR) is 282 cm³/mol. The monoisotopic (exact) mass is 854 g/mol. The standard InChI is InChI=1S/C64H42N2O/c1-2-14-48-41-50(32-31-43(48)13-1)49-15-11-16-53(42-49)65(59-22-7-5-19-56(59)57-21-12-26-63-64(57)58-20-6-10-25-62(58)67-63)51-37-33-46(34-38-51)44-27-29-45(30-28-44)47-35-39-52(40-36-47)66-60-23-8-3-17-54(60)55-18-4-9-24-61(55)66/h1-42H. The zero-order valence-corrected chi connectivity index (χ0v) is 36.6. The molecule has 0 atom stereocenters. The van der Waals surface area contributed by atoms with Crippen molar-refractivity contribution in [2.75, 3.05) is 4.90 Å². The first-order valence-electron chi connectivity index (χ1n) is 22.9. The molecule has 2 heterocycles. The summed E-state index contributed by atoms with van der Waals surface area (Å²) in [6.07, 6.45) is 0. The highest BCUT2D eigenvalue weighted by atomic mass is 16.3. The summed E-state index contributed by atoms with van der Waals surface area (Å²) in [5.41, 5.74) is 17.9. The molecular weight excluding hydrogens is 813 g/mol. The molecule has 67 heavy (non-hydrogen) atoms. The maximum absolute atomic E-state index is 6.40. The molecule has 0 bridgehead atoms. The van der Waals surface area contributed by atoms with Crippen LogP contribution in [0.3, 0.4) is 0 Å². The second kappa shape index (κ2) is 16.0. The topological polar surface area (TPSA) is 21.3 Å². The Hall–Kier alpha value is -8.92. The summed E-state index contributed by atoms with van der Waals surface area (Å²) in [5, 5.41) is 7.23. The lowest BCUT2D eigenvalue weighted by atomic mass is 9.96. The van der Waals surface area contributed by atoms with Crippen molar-refractivity contribution < 1.29 is 4.42 Å². The van der Waals surface area contributed by atoms with E-state index in [0.717, 1.165) is 66.9 Å². The van der Waals surface area contributed by atoms with E-state index in [2.05, 4.69) is 258 Å². The number of hydrogen-bond acceptors (Lipinski definition) is 2. The van der Waals surface area contributed by atoms with Gasteiger partial charge in [-0.2, -0.15) is 0 Å². The first-order chi connectivity index (χ1) is 33.2. The van der Waals surface area contributed by atoms with Crippen LogP contribution < -0.4 is 4.90 Å². The van der Waals surface area contributed by atoms with Crippen molar-refractivity contribution in [2.24, 2.45) is 0 Å². The molecule has 3 nitrogen and oxygen atoms in total. The molecule has 2 aromatic heterocycles. The van der Waals surface area contributed by atoms with Crippen molar-refractivity contribution in [3.63, 3.8) is 0 Å². The fraction of sp³-hybridized carbons (Fsp3) is 0. The highest BCUT2D eigenvalue weighted by Gasteiger charge is 2.21. The Bertz CT molecular complexity index is 3920. The first kappa shape index (κ1) is 38.5. The van der Waals surface area contributed by atoms with Crippen LogP contribution in [0.2, 0.25) is 0 Å². The quantitative estimate of drug-likeness (QED) is 0.152. The molecule has 0 aliphatic heterocycles. The summed E-state index contributed by atoms with van der Waals surface area (Å²) in [7, 11) is 0. The van der Waals surface area contributed by atoms with Crippen LogP contribution in [0.4, 0.5) is 17.1 Å². The summed E-state index contributed by atoms with van der Waals surface area (Å²) < 4.78 is 8.76. The molecule has 0 N–H and O–H groups in total. The minimum atomic E-state index is 0.880. The molecule has 0 saturated carbocycles. The molecule has 0 radical (unpaired) electrons. The van der Waals surface area contributed by atoms with Gasteiger partial charge in [-0.3, -0.25) is 0 Å². The zero-order chi connectivity index (χ0) is 44.3. The van der Waals surface area contributed by atoms with Crippen molar-refractivity contribution >= 4 is 71.6 Å². The highest BCUT2D eigenvalue weighted by Crippen LogP contribution is 2.46. The molecule has 13 rings (SSSR count). The average Bonchev–Trinajstić information content (AvgIpc) is 3.95. The third kappa shape index (κ3) is 6.67. The van der Waals surface area contributed by atoms with Crippen molar-refractivity contribution in [2.45, 2.75) is 0 Å². The van der Waals surface area contributed by atoms with Gasteiger partial charge in [-0.15, -0.1) is 0 Å². The number of hydrogen-bond donors (Lipinski definition) is 0. The van der Waals surface area contributed by atoms with Crippen molar-refractivity contribution in [1.82, 2.24) is 4.57 Å². The maximum atomic E-state index is 6.40. The Labute approximate surface area is 388 Å². The molecule has 0 aliphatic rings. The van der Waals surface area contributed by atoms with Crippen molar-refractivity contribution in [3.05, 3.63) is 255 Å². The molecule has 314 valence electrons. The first-order valence-corrected chi connectivity index (χ1v) is 22.9. The Morgan fingerprint density at radius 2 is 0.836 bits per heavy atom. The SMILES string of the molecule is c1cc(-c2ccc3ccccc3c2)cc(N(c2ccc(-c3ccc(-c4ccc(-n5c6ccccc6c6ccccc65)cc4)cc3)cc2)c2ccccc2-c2cccc3oc4ccccc4c23)c1. The summed E-state index contributed by atoms with van der Waals surface area (Å²) in [5.74, 6) is 0. The van der Waals surface area contributed by atoms with Crippen LogP contribution in [0.15, 0.2) is 259 Å². The van der Waals surface area contributed by atoms with Crippen LogP contribution in [0.25, 0.3) is 105 Å². The summed E-state index contributed by atoms with van der Waals surface area (Å²) >= 11 is 0. The van der Waals surface area contributed by atoms with Gasteiger partial charge in [0.1, 0.15) is 11.2 Å². The average molecular weight is 855 g/mol. The van der Waals surface area contributed by atoms with Gasteiger partial charge in [-0.25, -0.2) is 0 Å². The smallest absolute Gasteiger partial charge is 0.136 e. The van der Waals surface area contributed by atoms with Crippen LogP contribution in [-0.2, 0) is 0 Å². The zero-order valence-electron chi connectivity index (χ0n) is 36.6. The lowest BCUT2D eigenvalue weighted by molar-refractivity contribution is 0.669. The van der Waals surface area contributed by atoms with E-state index in [1.54, 1.807) is 0 Å². The van der Waals surface area contributed by atoms with E-state index in [4.69, 9.17) is 4.42 Å². The molecule has 0 aliphatic carbocycles. The second-order valence-corrected chi connectivity index (χ2v) is 17.3. The summed E-state index contributed by atoms with van der Waals surface area (Å²) in [6, 6.07) is 91.9. The fourth-order valence-electron chi connectivity index (χ4n) is 10.2. The highest BCUT2D eigenvalue weighted by molar-refractivity contribution is 6.14. The van der Waals surface area contributed by atoms with E-state index in [1.165, 1.54) is 54.8 Å².